The molecule has 1 aliphatic rings. The fraction of sp³-hybridized carbons (Fsp3) is 0.121. The zero-order valence-electron chi connectivity index (χ0n) is 21.6. The highest BCUT2D eigenvalue weighted by atomic mass is 32.1. The van der Waals surface area contributed by atoms with Crippen molar-refractivity contribution >= 4 is 33.1 Å². The Morgan fingerprint density at radius 1 is 0.675 bits per heavy atom. The van der Waals surface area contributed by atoms with Crippen LogP contribution in [-0.4, -0.2) is 31.5 Å². The lowest BCUT2D eigenvalue weighted by atomic mass is 9.90. The van der Waals surface area contributed by atoms with Gasteiger partial charge in [-0.2, -0.15) is 0 Å². The number of ketones is 2. The fourth-order valence-corrected chi connectivity index (χ4v) is 6.19. The maximum Gasteiger partial charge on any atom is 0.216 e. The van der Waals surface area contributed by atoms with Crippen molar-refractivity contribution < 1.29 is 9.59 Å². The molecule has 194 valence electrons. The monoisotopic (exact) mass is 540 g/mol. The number of aromatic nitrogens is 4. The van der Waals surface area contributed by atoms with Crippen LogP contribution in [0.15, 0.2) is 97.1 Å². The lowest BCUT2D eigenvalue weighted by molar-refractivity contribution is 0.0970. The average Bonchev–Trinajstić information content (AvgIpc) is 3.62. The minimum atomic E-state index is -0.249. The lowest BCUT2D eigenvalue weighted by Gasteiger charge is -2.14. The molecule has 0 N–H and O–H groups in total. The molecule has 6 nitrogen and oxygen atoms in total. The highest BCUT2D eigenvalue weighted by molar-refractivity contribution is 7.18. The number of rotatable bonds is 7. The molecule has 0 fully saturated rings. The first-order valence-electron chi connectivity index (χ1n) is 13.3. The van der Waals surface area contributed by atoms with Gasteiger partial charge in [-0.05, 0) is 47.2 Å². The van der Waals surface area contributed by atoms with Gasteiger partial charge in [-0.1, -0.05) is 90.1 Å². The van der Waals surface area contributed by atoms with Gasteiger partial charge >= 0.3 is 0 Å². The van der Waals surface area contributed by atoms with E-state index in [2.05, 4.69) is 77.0 Å². The predicted molar refractivity (Wildman–Crippen MR) is 156 cm³/mol. The third-order valence-corrected chi connectivity index (χ3v) is 8.48. The molecule has 7 rings (SSSR count). The zero-order valence-corrected chi connectivity index (χ0v) is 22.4. The highest BCUT2D eigenvalue weighted by Gasteiger charge is 2.34. The molecule has 0 saturated carbocycles. The third-order valence-electron chi connectivity index (χ3n) is 7.38. The summed E-state index contributed by atoms with van der Waals surface area (Å²) in [7, 11) is 0. The summed E-state index contributed by atoms with van der Waals surface area (Å²) in [5, 5.41) is 9.34. The fourth-order valence-electron chi connectivity index (χ4n) is 5.24. The van der Waals surface area contributed by atoms with Gasteiger partial charge in [-0.25, -0.2) is 9.67 Å². The Kier molecular flexibility index (Phi) is 6.13. The number of carbonyl (C=O) groups is 2. The Balaban J connectivity index is 1.04. The number of aryl methyl sites for hydroxylation is 4. The van der Waals surface area contributed by atoms with Crippen molar-refractivity contribution in [2.24, 2.45) is 0 Å². The van der Waals surface area contributed by atoms with E-state index in [4.69, 9.17) is 4.98 Å². The van der Waals surface area contributed by atoms with Crippen LogP contribution in [0.25, 0.3) is 21.3 Å². The Hall–Kier alpha value is -4.75. The summed E-state index contributed by atoms with van der Waals surface area (Å²) in [5.74, 6) is -0.451. The van der Waals surface area contributed by atoms with Crippen LogP contribution in [0.4, 0.5) is 0 Å². The van der Waals surface area contributed by atoms with Gasteiger partial charge in [-0.15, -0.1) is 16.4 Å². The van der Waals surface area contributed by atoms with Crippen LogP contribution in [0.3, 0.4) is 0 Å². The number of fused-ring (bicyclic) bond motifs is 3. The first kappa shape index (κ1) is 24.3. The summed E-state index contributed by atoms with van der Waals surface area (Å²) in [6, 6.07) is 32.3. The number of nitrogens with zero attached hydrogens (tertiary/aromatic N) is 4. The summed E-state index contributed by atoms with van der Waals surface area (Å²) >= 11 is 1.76. The molecular formula is C33H24N4O2S. The van der Waals surface area contributed by atoms with E-state index < -0.39 is 0 Å². The summed E-state index contributed by atoms with van der Waals surface area (Å²) < 4.78 is 2.76. The molecular weight excluding hydrogens is 516 g/mol. The Bertz CT molecular complexity index is 1890. The van der Waals surface area contributed by atoms with E-state index in [1.165, 1.54) is 10.3 Å². The van der Waals surface area contributed by atoms with Crippen LogP contribution in [0, 0.1) is 0 Å². The van der Waals surface area contributed by atoms with Crippen LogP contribution >= 0.6 is 11.3 Å². The van der Waals surface area contributed by atoms with Gasteiger partial charge < -0.3 is 0 Å². The maximum atomic E-state index is 13.1. The van der Waals surface area contributed by atoms with Gasteiger partial charge in [-0.3, -0.25) is 9.59 Å². The van der Waals surface area contributed by atoms with Gasteiger partial charge in [0.15, 0.2) is 5.69 Å². The molecule has 40 heavy (non-hydrogen) atoms. The predicted octanol–water partition coefficient (Wildman–Crippen LogP) is 6.36. The van der Waals surface area contributed by atoms with Crippen molar-refractivity contribution in [3.05, 3.63) is 136 Å². The summed E-state index contributed by atoms with van der Waals surface area (Å²) in [6.45, 7) is 0.458. The van der Waals surface area contributed by atoms with E-state index in [-0.39, 0.29) is 23.0 Å². The molecule has 2 aromatic heterocycles. The second-order valence-corrected chi connectivity index (χ2v) is 11.1. The third kappa shape index (κ3) is 4.44. The molecule has 0 spiro atoms. The van der Waals surface area contributed by atoms with Gasteiger partial charge in [0.05, 0.1) is 15.2 Å². The van der Waals surface area contributed by atoms with Crippen LogP contribution in [0.5, 0.6) is 0 Å². The Morgan fingerprint density at radius 3 is 2.17 bits per heavy atom. The lowest BCUT2D eigenvalue weighted by Crippen LogP contribution is -2.23. The Labute approximate surface area is 235 Å². The molecule has 0 radical (unpaired) electrons. The zero-order chi connectivity index (χ0) is 27.1. The number of carbonyl (C=O) groups excluding carboxylic acids is 2. The van der Waals surface area contributed by atoms with Crippen molar-refractivity contribution in [1.82, 2.24) is 20.0 Å². The highest BCUT2D eigenvalue weighted by Crippen LogP contribution is 2.29. The normalized spacial score (nSPS) is 12.5. The second-order valence-electron chi connectivity index (χ2n) is 9.94. The van der Waals surface area contributed by atoms with Crippen molar-refractivity contribution in [2.45, 2.75) is 25.8 Å². The van der Waals surface area contributed by atoms with E-state index in [1.807, 2.05) is 6.07 Å². The second kappa shape index (κ2) is 10.1. The first-order valence-corrected chi connectivity index (χ1v) is 14.1. The number of thiazole rings is 1. The van der Waals surface area contributed by atoms with Crippen molar-refractivity contribution in [2.75, 3.05) is 0 Å². The number of benzene rings is 4. The van der Waals surface area contributed by atoms with E-state index in [0.717, 1.165) is 40.1 Å². The topological polar surface area (TPSA) is 77.7 Å². The van der Waals surface area contributed by atoms with Gasteiger partial charge in [0.1, 0.15) is 5.69 Å². The SMILES string of the molecule is O=C1c2ccccc2C(=O)c2c1nnn2CCc1ccc(-c2ccc3sc(CCc4ccccc4)nc3c2)cc1. The summed E-state index contributed by atoms with van der Waals surface area (Å²) in [6.07, 6.45) is 2.59. The molecule has 0 atom stereocenters. The molecule has 0 aliphatic heterocycles. The van der Waals surface area contributed by atoms with Crippen LogP contribution in [0.2, 0.25) is 0 Å². The molecule has 0 bridgehead atoms. The van der Waals surface area contributed by atoms with E-state index in [9.17, 15) is 9.59 Å². The standard InChI is InChI=1S/C33H24N4O2S/c38-32-25-8-4-5-9-26(25)33(39)31-30(32)35-36-37(31)19-18-22-10-13-23(14-11-22)24-15-16-28-27(20-24)34-29(40-28)17-12-21-6-2-1-3-7-21/h1-11,13-16,20H,12,17-19H2. The van der Waals surface area contributed by atoms with Crippen LogP contribution in [-0.2, 0) is 25.8 Å². The van der Waals surface area contributed by atoms with Gasteiger partial charge in [0.2, 0.25) is 11.6 Å². The maximum absolute atomic E-state index is 13.1. The molecule has 2 heterocycles. The van der Waals surface area contributed by atoms with Crippen molar-refractivity contribution in [3.8, 4) is 11.1 Å². The largest absolute Gasteiger partial charge is 0.287 e. The average molecular weight is 541 g/mol. The van der Waals surface area contributed by atoms with Crippen LogP contribution in [0.1, 0.15) is 48.2 Å². The van der Waals surface area contributed by atoms with Gasteiger partial charge in [0.25, 0.3) is 0 Å². The summed E-state index contributed by atoms with van der Waals surface area (Å²) in [5.41, 5.74) is 6.95. The molecule has 7 heteroatoms. The first-order chi connectivity index (χ1) is 19.6. The van der Waals surface area contributed by atoms with Gasteiger partial charge in [0, 0.05) is 24.1 Å². The smallest absolute Gasteiger partial charge is 0.216 e. The number of hydrogen-bond donors (Lipinski definition) is 0. The molecule has 6 aromatic rings. The Morgan fingerprint density at radius 2 is 1.38 bits per heavy atom. The van der Waals surface area contributed by atoms with E-state index in [0.29, 0.717) is 24.1 Å². The van der Waals surface area contributed by atoms with Crippen molar-refractivity contribution in [3.63, 3.8) is 0 Å². The van der Waals surface area contributed by atoms with Crippen molar-refractivity contribution in [1.29, 1.82) is 0 Å². The van der Waals surface area contributed by atoms with Crippen LogP contribution < -0.4 is 0 Å². The molecule has 0 amide bonds. The minimum absolute atomic E-state index is 0.139. The molecule has 4 aromatic carbocycles. The molecule has 0 unspecified atom stereocenters. The van der Waals surface area contributed by atoms with E-state index in [1.54, 1.807) is 40.3 Å². The number of hydrogen-bond acceptors (Lipinski definition) is 6. The quantitative estimate of drug-likeness (QED) is 0.235. The molecule has 1 aliphatic carbocycles. The summed E-state index contributed by atoms with van der Waals surface area (Å²) in [4.78, 5) is 30.8. The molecule has 0 saturated heterocycles. The minimum Gasteiger partial charge on any atom is -0.287 e. The van der Waals surface area contributed by atoms with E-state index >= 15 is 0 Å².